The summed E-state index contributed by atoms with van der Waals surface area (Å²) in [4.78, 5) is 31.7. The van der Waals surface area contributed by atoms with E-state index < -0.39 is 0 Å². The molecular weight excluding hydrogens is 310 g/mol. The zero-order valence-corrected chi connectivity index (χ0v) is 12.7. The molecule has 3 heterocycles. The fourth-order valence-electron chi connectivity index (χ4n) is 2.25. The predicted molar refractivity (Wildman–Crippen MR) is 89.3 cm³/mol. The smallest absolute Gasteiger partial charge is 0.279 e. The van der Waals surface area contributed by atoms with Gasteiger partial charge in [-0.2, -0.15) is 0 Å². The number of para-hydroxylation sites is 1. The number of benzene rings is 1. The van der Waals surface area contributed by atoms with Crippen molar-refractivity contribution < 1.29 is 0 Å². The summed E-state index contributed by atoms with van der Waals surface area (Å²) >= 11 is 1.41. The highest BCUT2D eigenvalue weighted by Gasteiger charge is 2.07. The van der Waals surface area contributed by atoms with Crippen LogP contribution in [-0.4, -0.2) is 24.9 Å². The zero-order valence-electron chi connectivity index (χ0n) is 11.9. The van der Waals surface area contributed by atoms with Gasteiger partial charge in [0.05, 0.1) is 11.2 Å². The first-order valence-electron chi connectivity index (χ1n) is 6.98. The van der Waals surface area contributed by atoms with Gasteiger partial charge in [-0.15, -0.1) is 0 Å². The summed E-state index contributed by atoms with van der Waals surface area (Å²) in [6, 6.07) is 12.0. The molecule has 0 radical (unpaired) electrons. The number of pyridine rings is 1. The quantitative estimate of drug-likeness (QED) is 0.461. The van der Waals surface area contributed by atoms with Gasteiger partial charge in [0.15, 0.2) is 16.3 Å². The molecule has 0 aliphatic rings. The maximum atomic E-state index is 12.0. The van der Waals surface area contributed by atoms with Gasteiger partial charge in [-0.3, -0.25) is 14.8 Å². The van der Waals surface area contributed by atoms with E-state index in [-0.39, 0.29) is 11.1 Å². The molecular formula is C16H11N5OS. The molecule has 0 aliphatic carbocycles. The summed E-state index contributed by atoms with van der Waals surface area (Å²) in [6.07, 6.45) is 3.00. The fourth-order valence-corrected chi connectivity index (χ4v) is 3.01. The minimum absolute atomic E-state index is 0.251. The zero-order chi connectivity index (χ0) is 15.6. The van der Waals surface area contributed by atoms with Crippen molar-refractivity contribution in [2.75, 3.05) is 0 Å². The molecule has 1 aromatic carbocycles. The molecule has 112 valence electrons. The van der Waals surface area contributed by atoms with Gasteiger partial charge in [0, 0.05) is 23.5 Å². The Hall–Kier alpha value is -2.80. The van der Waals surface area contributed by atoms with Crippen LogP contribution in [0.4, 0.5) is 0 Å². The molecule has 23 heavy (non-hydrogen) atoms. The van der Waals surface area contributed by atoms with Crippen LogP contribution in [0, 0.1) is 0 Å². The van der Waals surface area contributed by atoms with Gasteiger partial charge in [0.25, 0.3) is 5.56 Å². The third-order valence-electron chi connectivity index (χ3n) is 3.33. The van der Waals surface area contributed by atoms with E-state index in [1.165, 1.54) is 24.2 Å². The second-order valence-corrected chi connectivity index (χ2v) is 5.85. The number of H-pyrrole nitrogens is 1. The minimum atomic E-state index is -0.280. The summed E-state index contributed by atoms with van der Waals surface area (Å²) < 4.78 is 0. The molecule has 4 rings (SSSR count). The van der Waals surface area contributed by atoms with Crippen molar-refractivity contribution in [1.82, 2.24) is 24.9 Å². The van der Waals surface area contributed by atoms with E-state index in [0.29, 0.717) is 16.6 Å². The molecule has 6 nitrogen and oxygen atoms in total. The monoisotopic (exact) mass is 321 g/mol. The number of fused-ring (bicyclic) bond motifs is 2. The lowest BCUT2D eigenvalue weighted by atomic mass is 10.2. The normalized spacial score (nSPS) is 11.1. The molecule has 4 aromatic rings. The van der Waals surface area contributed by atoms with Crippen LogP contribution in [-0.2, 0) is 5.75 Å². The van der Waals surface area contributed by atoms with Crippen LogP contribution in [0.25, 0.3) is 22.1 Å². The van der Waals surface area contributed by atoms with E-state index in [9.17, 15) is 4.79 Å². The topological polar surface area (TPSA) is 84.4 Å². The van der Waals surface area contributed by atoms with E-state index in [0.717, 1.165) is 16.6 Å². The number of aromatic amines is 1. The Morgan fingerprint density at radius 3 is 2.83 bits per heavy atom. The Labute approximate surface area is 135 Å². The molecule has 3 aromatic heterocycles. The number of nitrogens with one attached hydrogen (secondary N) is 1. The van der Waals surface area contributed by atoms with Crippen LogP contribution >= 0.6 is 11.8 Å². The molecule has 0 amide bonds. The van der Waals surface area contributed by atoms with Crippen LogP contribution in [0.1, 0.15) is 5.69 Å². The maximum Gasteiger partial charge on any atom is 0.279 e. The molecule has 0 saturated carbocycles. The first-order chi connectivity index (χ1) is 11.3. The van der Waals surface area contributed by atoms with Crippen LogP contribution < -0.4 is 5.56 Å². The number of thioether (sulfide) groups is 1. The fraction of sp³-hybridized carbons (Fsp3) is 0.0625. The molecule has 1 N–H and O–H groups in total. The van der Waals surface area contributed by atoms with E-state index in [2.05, 4.69) is 24.9 Å². The number of aromatic nitrogens is 5. The highest BCUT2D eigenvalue weighted by molar-refractivity contribution is 7.98. The van der Waals surface area contributed by atoms with Crippen LogP contribution in [0.3, 0.4) is 0 Å². The SMILES string of the molecule is O=c1[nH]c(SCc2ccc3ccccc3n2)nc2nccnc12. The van der Waals surface area contributed by atoms with Gasteiger partial charge < -0.3 is 0 Å². The summed E-state index contributed by atoms with van der Waals surface area (Å²) in [5, 5.41) is 1.62. The van der Waals surface area contributed by atoms with Crippen molar-refractivity contribution in [1.29, 1.82) is 0 Å². The van der Waals surface area contributed by atoms with E-state index in [1.54, 1.807) is 0 Å². The first-order valence-corrected chi connectivity index (χ1v) is 7.97. The molecule has 0 fully saturated rings. The average molecular weight is 321 g/mol. The van der Waals surface area contributed by atoms with Crippen molar-refractivity contribution in [3.8, 4) is 0 Å². The number of hydrogen-bond donors (Lipinski definition) is 1. The number of nitrogens with zero attached hydrogens (tertiary/aromatic N) is 4. The second kappa shape index (κ2) is 5.77. The molecule has 0 spiro atoms. The van der Waals surface area contributed by atoms with Gasteiger partial charge in [-0.1, -0.05) is 36.0 Å². The van der Waals surface area contributed by atoms with Crippen molar-refractivity contribution >= 4 is 33.8 Å². The highest BCUT2D eigenvalue weighted by atomic mass is 32.2. The molecule has 0 unspecified atom stereocenters. The Morgan fingerprint density at radius 1 is 1.00 bits per heavy atom. The Bertz CT molecular complexity index is 1060. The first kappa shape index (κ1) is 13.8. The van der Waals surface area contributed by atoms with E-state index in [1.807, 2.05) is 36.4 Å². The minimum Gasteiger partial charge on any atom is -0.299 e. The standard InChI is InChI=1S/C16H11N5OS/c22-15-13-14(18-8-7-17-13)20-16(21-15)23-9-11-6-5-10-3-1-2-4-12(10)19-11/h1-8H,9H2,(H,18,20,21,22). The number of rotatable bonds is 3. The number of hydrogen-bond acceptors (Lipinski definition) is 6. The van der Waals surface area contributed by atoms with Crippen molar-refractivity contribution in [3.63, 3.8) is 0 Å². The van der Waals surface area contributed by atoms with Crippen LogP contribution in [0.15, 0.2) is 58.7 Å². The third kappa shape index (κ3) is 2.78. The second-order valence-electron chi connectivity index (χ2n) is 4.88. The van der Waals surface area contributed by atoms with Gasteiger partial charge in [-0.05, 0) is 12.1 Å². The van der Waals surface area contributed by atoms with Crippen molar-refractivity contribution in [2.45, 2.75) is 10.9 Å². The van der Waals surface area contributed by atoms with E-state index >= 15 is 0 Å². The van der Waals surface area contributed by atoms with Gasteiger partial charge >= 0.3 is 0 Å². The lowest BCUT2D eigenvalue weighted by Crippen LogP contribution is -2.11. The molecule has 0 bridgehead atoms. The summed E-state index contributed by atoms with van der Waals surface area (Å²) in [5.74, 6) is 0.611. The molecule has 0 aliphatic heterocycles. The van der Waals surface area contributed by atoms with Crippen molar-refractivity contribution in [3.05, 3.63) is 64.8 Å². The summed E-state index contributed by atoms with van der Waals surface area (Å²) in [7, 11) is 0. The van der Waals surface area contributed by atoms with Gasteiger partial charge in [0.2, 0.25) is 0 Å². The lowest BCUT2D eigenvalue weighted by molar-refractivity contribution is 0.949. The van der Waals surface area contributed by atoms with E-state index in [4.69, 9.17) is 0 Å². The Kier molecular flexibility index (Phi) is 3.47. The largest absolute Gasteiger partial charge is 0.299 e. The summed E-state index contributed by atoms with van der Waals surface area (Å²) in [6.45, 7) is 0. The lowest BCUT2D eigenvalue weighted by Gasteiger charge is -2.03. The third-order valence-corrected chi connectivity index (χ3v) is 4.24. The molecule has 0 saturated heterocycles. The average Bonchev–Trinajstić information content (AvgIpc) is 2.60. The highest BCUT2D eigenvalue weighted by Crippen LogP contribution is 2.20. The van der Waals surface area contributed by atoms with Gasteiger partial charge in [0.1, 0.15) is 0 Å². The molecule has 7 heteroatoms. The Balaban J connectivity index is 1.61. The Morgan fingerprint density at radius 2 is 1.87 bits per heavy atom. The van der Waals surface area contributed by atoms with Crippen LogP contribution in [0.2, 0.25) is 0 Å². The molecule has 0 atom stereocenters. The van der Waals surface area contributed by atoms with Gasteiger partial charge in [-0.25, -0.2) is 15.0 Å². The summed E-state index contributed by atoms with van der Waals surface area (Å²) in [5.41, 5.74) is 2.20. The van der Waals surface area contributed by atoms with Crippen molar-refractivity contribution in [2.24, 2.45) is 0 Å². The van der Waals surface area contributed by atoms with Crippen LogP contribution in [0.5, 0.6) is 0 Å². The maximum absolute atomic E-state index is 12.0. The predicted octanol–water partition coefficient (Wildman–Crippen LogP) is 2.55.